The van der Waals surface area contributed by atoms with Gasteiger partial charge in [0.15, 0.2) is 0 Å². The van der Waals surface area contributed by atoms with Gasteiger partial charge in [0.1, 0.15) is 5.78 Å². The van der Waals surface area contributed by atoms with Crippen molar-refractivity contribution in [3.8, 4) is 0 Å². The Morgan fingerprint density at radius 3 is 2.92 bits per heavy atom. The van der Waals surface area contributed by atoms with E-state index in [9.17, 15) is 4.79 Å². The minimum atomic E-state index is 0.354. The minimum Gasteiger partial charge on any atom is -0.299 e. The normalized spacial score (nSPS) is 16.0. The monoisotopic (exact) mass is 161 g/mol. The fourth-order valence-corrected chi connectivity index (χ4v) is 1.23. The summed E-state index contributed by atoms with van der Waals surface area (Å²) in [4.78, 5) is 15.4. The first-order valence-corrected chi connectivity index (χ1v) is 4.29. The molecule has 0 unspecified atom stereocenters. The van der Waals surface area contributed by atoms with Crippen LogP contribution in [0.3, 0.4) is 0 Å². The molecule has 0 bridgehead atoms. The largest absolute Gasteiger partial charge is 0.299 e. The zero-order valence-corrected chi connectivity index (χ0v) is 6.86. The van der Waals surface area contributed by atoms with E-state index in [1.807, 2.05) is 18.2 Å². The second-order valence-electron chi connectivity index (χ2n) is 3.24. The molecular formula is C10H11NO. The van der Waals surface area contributed by atoms with Gasteiger partial charge in [0.25, 0.3) is 0 Å². The van der Waals surface area contributed by atoms with Crippen LogP contribution in [0.1, 0.15) is 18.5 Å². The zero-order valence-electron chi connectivity index (χ0n) is 6.86. The van der Waals surface area contributed by atoms with Crippen molar-refractivity contribution < 1.29 is 4.79 Å². The number of carbonyl (C=O) groups excluding carboxylic acids is 1. The van der Waals surface area contributed by atoms with Crippen molar-refractivity contribution >= 4 is 5.78 Å². The molecule has 0 aliphatic heterocycles. The Bertz CT molecular complexity index is 277. The number of Topliss-reactive ketones (excluding diaryl/α,β-unsaturated/α-hetero) is 1. The first-order valence-electron chi connectivity index (χ1n) is 4.29. The van der Waals surface area contributed by atoms with E-state index in [1.54, 1.807) is 6.20 Å². The van der Waals surface area contributed by atoms with Crippen LogP contribution < -0.4 is 0 Å². The van der Waals surface area contributed by atoms with Gasteiger partial charge >= 0.3 is 0 Å². The lowest BCUT2D eigenvalue weighted by Crippen LogP contribution is -2.05. The van der Waals surface area contributed by atoms with Crippen LogP contribution in [0.25, 0.3) is 0 Å². The molecule has 2 rings (SSSR count). The number of carbonyl (C=O) groups is 1. The average molecular weight is 161 g/mol. The van der Waals surface area contributed by atoms with Gasteiger partial charge in [-0.3, -0.25) is 9.78 Å². The predicted octanol–water partition coefficient (Wildman–Crippen LogP) is 1.60. The fourth-order valence-electron chi connectivity index (χ4n) is 1.23. The summed E-state index contributed by atoms with van der Waals surface area (Å²) in [6.07, 6.45) is 4.43. The SMILES string of the molecule is O=C(Cc1ccccn1)C1CC1. The van der Waals surface area contributed by atoms with Crippen LogP contribution in [-0.2, 0) is 11.2 Å². The quantitative estimate of drug-likeness (QED) is 0.674. The summed E-state index contributed by atoms with van der Waals surface area (Å²) in [5.41, 5.74) is 0.898. The van der Waals surface area contributed by atoms with Gasteiger partial charge in [0.05, 0.1) is 0 Å². The Labute approximate surface area is 71.6 Å². The summed E-state index contributed by atoms with van der Waals surface area (Å²) in [6.45, 7) is 0. The molecule has 0 atom stereocenters. The van der Waals surface area contributed by atoms with Crippen LogP contribution in [0.2, 0.25) is 0 Å². The molecule has 62 valence electrons. The predicted molar refractivity (Wildman–Crippen MR) is 45.7 cm³/mol. The number of aromatic nitrogens is 1. The first kappa shape index (κ1) is 7.47. The number of pyridine rings is 1. The Balaban J connectivity index is 1.98. The highest BCUT2D eigenvalue weighted by Gasteiger charge is 2.29. The standard InChI is InChI=1S/C10H11NO/c12-10(8-4-5-8)7-9-3-1-2-6-11-9/h1-3,6,8H,4-5,7H2. The number of hydrogen-bond acceptors (Lipinski definition) is 2. The zero-order chi connectivity index (χ0) is 8.39. The van der Waals surface area contributed by atoms with Crippen LogP contribution in [0.5, 0.6) is 0 Å². The minimum absolute atomic E-state index is 0.354. The van der Waals surface area contributed by atoms with E-state index in [0.29, 0.717) is 18.1 Å². The molecule has 0 amide bonds. The molecule has 1 aliphatic rings. The number of rotatable bonds is 3. The summed E-state index contributed by atoms with van der Waals surface area (Å²) in [7, 11) is 0. The van der Waals surface area contributed by atoms with E-state index in [4.69, 9.17) is 0 Å². The molecule has 0 aromatic carbocycles. The lowest BCUT2D eigenvalue weighted by molar-refractivity contribution is -0.119. The summed E-state index contributed by atoms with van der Waals surface area (Å²) in [5, 5.41) is 0. The Morgan fingerprint density at radius 1 is 1.50 bits per heavy atom. The molecule has 0 saturated heterocycles. The molecule has 12 heavy (non-hydrogen) atoms. The van der Waals surface area contributed by atoms with Gasteiger partial charge in [-0.05, 0) is 25.0 Å². The van der Waals surface area contributed by atoms with Gasteiger partial charge < -0.3 is 0 Å². The highest BCUT2D eigenvalue weighted by molar-refractivity contribution is 5.84. The molecule has 0 spiro atoms. The number of hydrogen-bond donors (Lipinski definition) is 0. The van der Waals surface area contributed by atoms with Crippen molar-refractivity contribution in [2.45, 2.75) is 19.3 Å². The fraction of sp³-hybridized carbons (Fsp3) is 0.400. The van der Waals surface area contributed by atoms with E-state index >= 15 is 0 Å². The molecule has 1 saturated carbocycles. The van der Waals surface area contributed by atoms with Crippen molar-refractivity contribution in [3.05, 3.63) is 30.1 Å². The van der Waals surface area contributed by atoms with Gasteiger partial charge in [-0.2, -0.15) is 0 Å². The number of nitrogens with zero attached hydrogens (tertiary/aromatic N) is 1. The third-order valence-electron chi connectivity index (χ3n) is 2.11. The maximum absolute atomic E-state index is 11.3. The van der Waals surface area contributed by atoms with E-state index in [-0.39, 0.29) is 0 Å². The Hall–Kier alpha value is -1.18. The van der Waals surface area contributed by atoms with Crippen molar-refractivity contribution in [2.75, 3.05) is 0 Å². The second-order valence-corrected chi connectivity index (χ2v) is 3.24. The van der Waals surface area contributed by atoms with Crippen LogP contribution in [0, 0.1) is 5.92 Å². The van der Waals surface area contributed by atoms with Gasteiger partial charge in [-0.15, -0.1) is 0 Å². The molecule has 0 radical (unpaired) electrons. The summed E-state index contributed by atoms with van der Waals surface area (Å²) in [6, 6.07) is 5.69. The average Bonchev–Trinajstić information content (AvgIpc) is 2.88. The second kappa shape index (κ2) is 3.05. The van der Waals surface area contributed by atoms with Crippen LogP contribution in [0.15, 0.2) is 24.4 Å². The molecule has 1 aromatic heterocycles. The van der Waals surface area contributed by atoms with Crippen molar-refractivity contribution in [1.29, 1.82) is 0 Å². The first-order chi connectivity index (χ1) is 5.86. The van der Waals surface area contributed by atoms with Crippen LogP contribution in [-0.4, -0.2) is 10.8 Å². The van der Waals surface area contributed by atoms with Crippen molar-refractivity contribution in [3.63, 3.8) is 0 Å². The maximum atomic E-state index is 11.3. The van der Waals surface area contributed by atoms with E-state index in [2.05, 4.69) is 4.98 Å². The van der Waals surface area contributed by atoms with Gasteiger partial charge in [0.2, 0.25) is 0 Å². The molecule has 1 aromatic rings. The van der Waals surface area contributed by atoms with E-state index < -0.39 is 0 Å². The van der Waals surface area contributed by atoms with Gasteiger partial charge in [-0.1, -0.05) is 6.07 Å². The lowest BCUT2D eigenvalue weighted by Gasteiger charge is -1.96. The van der Waals surface area contributed by atoms with Crippen molar-refractivity contribution in [1.82, 2.24) is 4.98 Å². The highest BCUT2D eigenvalue weighted by Crippen LogP contribution is 2.30. The molecule has 2 heteroatoms. The highest BCUT2D eigenvalue weighted by atomic mass is 16.1. The molecule has 0 N–H and O–H groups in total. The summed E-state index contributed by atoms with van der Waals surface area (Å²) in [5.74, 6) is 0.709. The smallest absolute Gasteiger partial charge is 0.141 e. The summed E-state index contributed by atoms with van der Waals surface area (Å²) < 4.78 is 0. The molecular weight excluding hydrogens is 150 g/mol. The van der Waals surface area contributed by atoms with Crippen molar-refractivity contribution in [2.24, 2.45) is 5.92 Å². The third kappa shape index (κ3) is 1.70. The van der Waals surface area contributed by atoms with E-state index in [1.165, 1.54) is 0 Å². The van der Waals surface area contributed by atoms with E-state index in [0.717, 1.165) is 18.5 Å². The third-order valence-corrected chi connectivity index (χ3v) is 2.11. The van der Waals surface area contributed by atoms with Crippen LogP contribution in [0.4, 0.5) is 0 Å². The molecule has 1 heterocycles. The topological polar surface area (TPSA) is 30.0 Å². The van der Waals surface area contributed by atoms with Gasteiger partial charge in [0, 0.05) is 24.2 Å². The Kier molecular flexibility index (Phi) is 1.90. The lowest BCUT2D eigenvalue weighted by atomic mass is 10.1. The Morgan fingerprint density at radius 2 is 2.33 bits per heavy atom. The molecule has 1 fully saturated rings. The summed E-state index contributed by atoms with van der Waals surface area (Å²) >= 11 is 0. The molecule has 2 nitrogen and oxygen atoms in total. The molecule has 1 aliphatic carbocycles. The van der Waals surface area contributed by atoms with Crippen LogP contribution >= 0.6 is 0 Å². The number of ketones is 1. The maximum Gasteiger partial charge on any atom is 0.141 e. The van der Waals surface area contributed by atoms with Gasteiger partial charge in [-0.25, -0.2) is 0 Å².